The summed E-state index contributed by atoms with van der Waals surface area (Å²) in [6.07, 6.45) is 3.31. The SMILES string of the molecule is CCC(N)(CC)CN1CCc2sccc2C1C. The quantitative estimate of drug-likeness (QED) is 0.891. The number of nitrogens with two attached hydrogens (primary N) is 1. The molecule has 1 aliphatic rings. The van der Waals surface area contributed by atoms with Gasteiger partial charge in [-0.25, -0.2) is 0 Å². The molecule has 1 aromatic heterocycles. The maximum absolute atomic E-state index is 6.45. The highest BCUT2D eigenvalue weighted by Crippen LogP contribution is 2.33. The fourth-order valence-electron chi connectivity index (χ4n) is 2.66. The van der Waals surface area contributed by atoms with Crippen molar-refractivity contribution >= 4 is 11.3 Å². The van der Waals surface area contributed by atoms with Crippen molar-refractivity contribution in [2.45, 2.75) is 51.6 Å². The summed E-state index contributed by atoms with van der Waals surface area (Å²) in [5, 5.41) is 2.22. The zero-order valence-corrected chi connectivity index (χ0v) is 12.0. The molecular weight excluding hydrogens is 228 g/mol. The Balaban J connectivity index is 2.10. The van der Waals surface area contributed by atoms with Crippen LogP contribution in [0.15, 0.2) is 11.4 Å². The highest BCUT2D eigenvalue weighted by Gasteiger charge is 2.30. The third-order valence-electron chi connectivity index (χ3n) is 4.33. The van der Waals surface area contributed by atoms with Crippen LogP contribution in [0.1, 0.15) is 50.1 Å². The van der Waals surface area contributed by atoms with Gasteiger partial charge in [-0.3, -0.25) is 4.90 Å². The maximum Gasteiger partial charge on any atom is 0.0331 e. The van der Waals surface area contributed by atoms with Gasteiger partial charge in [0.1, 0.15) is 0 Å². The van der Waals surface area contributed by atoms with Crippen molar-refractivity contribution in [3.63, 3.8) is 0 Å². The summed E-state index contributed by atoms with van der Waals surface area (Å²) in [4.78, 5) is 4.13. The maximum atomic E-state index is 6.45. The second-order valence-electron chi connectivity index (χ2n) is 5.27. The lowest BCUT2D eigenvalue weighted by Gasteiger charge is -2.40. The van der Waals surface area contributed by atoms with Gasteiger partial charge in [0.25, 0.3) is 0 Å². The van der Waals surface area contributed by atoms with Gasteiger partial charge >= 0.3 is 0 Å². The molecule has 1 unspecified atom stereocenters. The summed E-state index contributed by atoms with van der Waals surface area (Å²) < 4.78 is 0. The molecular formula is C14H24N2S. The van der Waals surface area contributed by atoms with E-state index in [-0.39, 0.29) is 5.54 Å². The lowest BCUT2D eigenvalue weighted by atomic mass is 9.91. The molecule has 1 aliphatic heterocycles. The number of thiophene rings is 1. The van der Waals surface area contributed by atoms with Crippen molar-refractivity contribution in [2.24, 2.45) is 5.73 Å². The van der Waals surface area contributed by atoms with E-state index in [1.165, 1.54) is 12.0 Å². The fraction of sp³-hybridized carbons (Fsp3) is 0.714. The van der Waals surface area contributed by atoms with Crippen molar-refractivity contribution in [2.75, 3.05) is 13.1 Å². The van der Waals surface area contributed by atoms with E-state index in [1.807, 2.05) is 11.3 Å². The van der Waals surface area contributed by atoms with E-state index in [0.717, 1.165) is 25.9 Å². The second-order valence-corrected chi connectivity index (χ2v) is 6.27. The minimum Gasteiger partial charge on any atom is -0.324 e. The van der Waals surface area contributed by atoms with Gasteiger partial charge in [-0.05, 0) is 43.2 Å². The highest BCUT2D eigenvalue weighted by molar-refractivity contribution is 7.10. The van der Waals surface area contributed by atoms with Gasteiger partial charge in [0.2, 0.25) is 0 Å². The van der Waals surface area contributed by atoms with Crippen LogP contribution in [0.2, 0.25) is 0 Å². The van der Waals surface area contributed by atoms with E-state index in [4.69, 9.17) is 5.73 Å². The second kappa shape index (κ2) is 5.09. The predicted octanol–water partition coefficient (Wildman–Crippen LogP) is 3.18. The third-order valence-corrected chi connectivity index (χ3v) is 5.33. The van der Waals surface area contributed by atoms with Crippen molar-refractivity contribution in [1.82, 2.24) is 4.90 Å². The zero-order valence-electron chi connectivity index (χ0n) is 11.2. The number of nitrogens with zero attached hydrogens (tertiary/aromatic N) is 1. The Labute approximate surface area is 109 Å². The Hall–Kier alpha value is -0.380. The smallest absolute Gasteiger partial charge is 0.0331 e. The molecule has 0 fully saturated rings. The molecule has 96 valence electrons. The van der Waals surface area contributed by atoms with E-state index in [9.17, 15) is 0 Å². The number of rotatable bonds is 4. The summed E-state index contributed by atoms with van der Waals surface area (Å²) in [5.41, 5.74) is 7.96. The average Bonchev–Trinajstić information content (AvgIpc) is 2.82. The van der Waals surface area contributed by atoms with Crippen LogP contribution >= 0.6 is 11.3 Å². The fourth-order valence-corrected chi connectivity index (χ4v) is 3.62. The minimum atomic E-state index is -0.0121. The molecule has 0 saturated carbocycles. The standard InChI is InChI=1S/C14H24N2S/c1-4-14(15,5-2)10-16-8-6-13-12(11(16)3)7-9-17-13/h7,9,11H,4-6,8,10,15H2,1-3H3. The average molecular weight is 252 g/mol. The van der Waals surface area contributed by atoms with Crippen LogP contribution in [-0.2, 0) is 6.42 Å². The van der Waals surface area contributed by atoms with Gasteiger partial charge in [-0.2, -0.15) is 0 Å². The van der Waals surface area contributed by atoms with Crippen LogP contribution in [-0.4, -0.2) is 23.5 Å². The normalized spacial score (nSPS) is 21.5. The van der Waals surface area contributed by atoms with Crippen molar-refractivity contribution in [3.05, 3.63) is 21.9 Å². The van der Waals surface area contributed by atoms with Gasteiger partial charge in [0.15, 0.2) is 0 Å². The lowest BCUT2D eigenvalue weighted by Crippen LogP contribution is -2.51. The topological polar surface area (TPSA) is 29.3 Å². The first-order valence-corrected chi connectivity index (χ1v) is 7.57. The first-order chi connectivity index (χ1) is 8.09. The van der Waals surface area contributed by atoms with Gasteiger partial charge < -0.3 is 5.73 Å². The Morgan fingerprint density at radius 2 is 2.18 bits per heavy atom. The van der Waals surface area contributed by atoms with Crippen molar-refractivity contribution in [3.8, 4) is 0 Å². The molecule has 1 aromatic rings. The van der Waals surface area contributed by atoms with E-state index < -0.39 is 0 Å². The predicted molar refractivity (Wildman–Crippen MR) is 75.5 cm³/mol. The van der Waals surface area contributed by atoms with Gasteiger partial charge in [-0.1, -0.05) is 13.8 Å². The molecule has 2 heterocycles. The molecule has 0 radical (unpaired) electrons. The van der Waals surface area contributed by atoms with Gasteiger partial charge in [-0.15, -0.1) is 11.3 Å². The Morgan fingerprint density at radius 1 is 1.47 bits per heavy atom. The summed E-state index contributed by atoms with van der Waals surface area (Å²) in [6, 6.07) is 2.82. The molecule has 0 saturated heterocycles. The van der Waals surface area contributed by atoms with Crippen LogP contribution in [0.3, 0.4) is 0 Å². The molecule has 1 atom stereocenters. The van der Waals surface area contributed by atoms with E-state index in [1.54, 1.807) is 4.88 Å². The number of hydrogen-bond donors (Lipinski definition) is 1. The first-order valence-electron chi connectivity index (χ1n) is 6.69. The summed E-state index contributed by atoms with van der Waals surface area (Å²) >= 11 is 1.90. The molecule has 0 bridgehead atoms. The third kappa shape index (κ3) is 2.56. The highest BCUT2D eigenvalue weighted by atomic mass is 32.1. The van der Waals surface area contributed by atoms with Crippen molar-refractivity contribution < 1.29 is 0 Å². The monoisotopic (exact) mass is 252 g/mol. The Morgan fingerprint density at radius 3 is 2.82 bits per heavy atom. The van der Waals surface area contributed by atoms with Gasteiger partial charge in [0, 0.05) is 29.5 Å². The molecule has 2 rings (SSSR count). The first kappa shape index (κ1) is 13.1. The zero-order chi connectivity index (χ0) is 12.5. The minimum absolute atomic E-state index is 0.0121. The number of hydrogen-bond acceptors (Lipinski definition) is 3. The Kier molecular flexibility index (Phi) is 3.91. The number of fused-ring (bicyclic) bond motifs is 1. The Bertz CT molecular complexity index is 368. The summed E-state index contributed by atoms with van der Waals surface area (Å²) in [6.45, 7) is 8.91. The molecule has 17 heavy (non-hydrogen) atoms. The van der Waals surface area contributed by atoms with Crippen LogP contribution in [0.4, 0.5) is 0 Å². The molecule has 3 heteroatoms. The van der Waals surface area contributed by atoms with Crippen LogP contribution in [0.5, 0.6) is 0 Å². The van der Waals surface area contributed by atoms with Crippen LogP contribution in [0, 0.1) is 0 Å². The van der Waals surface area contributed by atoms with E-state index >= 15 is 0 Å². The largest absolute Gasteiger partial charge is 0.324 e. The summed E-state index contributed by atoms with van der Waals surface area (Å²) in [5.74, 6) is 0. The molecule has 0 aliphatic carbocycles. The van der Waals surface area contributed by atoms with E-state index in [0.29, 0.717) is 6.04 Å². The lowest BCUT2D eigenvalue weighted by molar-refractivity contribution is 0.147. The van der Waals surface area contributed by atoms with Crippen LogP contribution in [0.25, 0.3) is 0 Å². The summed E-state index contributed by atoms with van der Waals surface area (Å²) in [7, 11) is 0. The molecule has 2 nitrogen and oxygen atoms in total. The van der Waals surface area contributed by atoms with E-state index in [2.05, 4.69) is 37.1 Å². The van der Waals surface area contributed by atoms with Crippen molar-refractivity contribution in [1.29, 1.82) is 0 Å². The van der Waals surface area contributed by atoms with Gasteiger partial charge in [0.05, 0.1) is 0 Å². The molecule has 2 N–H and O–H groups in total. The molecule has 0 spiro atoms. The molecule has 0 aromatic carbocycles. The molecule has 0 amide bonds. The van der Waals surface area contributed by atoms with Crippen LogP contribution < -0.4 is 5.73 Å².